The van der Waals surface area contributed by atoms with Crippen molar-refractivity contribution >= 4 is 0 Å². The molecule has 0 radical (unpaired) electrons. The van der Waals surface area contributed by atoms with Crippen molar-refractivity contribution in [3.05, 3.63) is 24.2 Å². The molecule has 0 aromatic rings. The molecule has 0 aromatic heterocycles. The van der Waals surface area contributed by atoms with Crippen molar-refractivity contribution in [2.24, 2.45) is 16.9 Å². The average Bonchev–Trinajstić information content (AvgIpc) is 2.04. The Bertz CT molecular complexity index is 268. The lowest BCUT2D eigenvalue weighted by Gasteiger charge is -2.60. The SMILES string of the molecule is CN1CC2(C1)CN(/C(N)=C/C=C\N)C2. The van der Waals surface area contributed by atoms with Crippen LogP contribution in [0, 0.1) is 5.41 Å². The number of nitrogens with zero attached hydrogens (tertiary/aromatic N) is 2. The zero-order valence-electron chi connectivity index (χ0n) is 8.61. The fourth-order valence-corrected chi connectivity index (χ4v) is 2.50. The largest absolute Gasteiger partial charge is 0.405 e. The van der Waals surface area contributed by atoms with E-state index in [0.29, 0.717) is 5.41 Å². The highest BCUT2D eigenvalue weighted by atomic mass is 15.3. The highest BCUT2D eigenvalue weighted by Gasteiger charge is 2.50. The third kappa shape index (κ3) is 1.46. The second-order valence-electron chi connectivity index (χ2n) is 4.50. The molecule has 2 aliphatic rings. The van der Waals surface area contributed by atoms with Crippen LogP contribution in [-0.2, 0) is 0 Å². The quantitative estimate of drug-likeness (QED) is 0.582. The monoisotopic (exact) mass is 194 g/mol. The molecule has 4 nitrogen and oxygen atoms in total. The van der Waals surface area contributed by atoms with Crippen LogP contribution in [0.4, 0.5) is 0 Å². The lowest BCUT2D eigenvalue weighted by atomic mass is 9.73. The number of likely N-dealkylation sites (tertiary alicyclic amines) is 2. The molecule has 2 aliphatic heterocycles. The number of nitrogens with two attached hydrogens (primary N) is 2. The molecule has 0 unspecified atom stereocenters. The lowest BCUT2D eigenvalue weighted by Crippen LogP contribution is -2.71. The van der Waals surface area contributed by atoms with Crippen molar-refractivity contribution in [3.8, 4) is 0 Å². The molecule has 0 aliphatic carbocycles. The van der Waals surface area contributed by atoms with Crippen molar-refractivity contribution in [3.63, 3.8) is 0 Å². The molecule has 2 saturated heterocycles. The van der Waals surface area contributed by atoms with Crippen LogP contribution in [0.2, 0.25) is 0 Å². The van der Waals surface area contributed by atoms with Crippen LogP contribution in [0.15, 0.2) is 24.2 Å². The van der Waals surface area contributed by atoms with Gasteiger partial charge in [-0.2, -0.15) is 0 Å². The van der Waals surface area contributed by atoms with Crippen LogP contribution in [-0.4, -0.2) is 43.0 Å². The second-order valence-corrected chi connectivity index (χ2v) is 4.50. The summed E-state index contributed by atoms with van der Waals surface area (Å²) in [4.78, 5) is 4.55. The maximum absolute atomic E-state index is 5.87. The van der Waals surface area contributed by atoms with Crippen molar-refractivity contribution in [1.29, 1.82) is 0 Å². The van der Waals surface area contributed by atoms with E-state index in [0.717, 1.165) is 18.9 Å². The molecule has 0 atom stereocenters. The van der Waals surface area contributed by atoms with Gasteiger partial charge >= 0.3 is 0 Å². The van der Waals surface area contributed by atoms with E-state index in [-0.39, 0.29) is 0 Å². The Morgan fingerprint density at radius 2 is 1.93 bits per heavy atom. The summed E-state index contributed by atoms with van der Waals surface area (Å²) in [6, 6.07) is 0. The van der Waals surface area contributed by atoms with Gasteiger partial charge in [0.1, 0.15) is 0 Å². The Labute approximate surface area is 84.8 Å². The third-order valence-electron chi connectivity index (χ3n) is 3.01. The number of rotatable bonds is 2. The zero-order valence-corrected chi connectivity index (χ0v) is 8.61. The molecule has 78 valence electrons. The second kappa shape index (κ2) is 3.20. The van der Waals surface area contributed by atoms with Gasteiger partial charge in [-0.15, -0.1) is 0 Å². The molecule has 14 heavy (non-hydrogen) atoms. The molecule has 0 bridgehead atoms. The lowest BCUT2D eigenvalue weighted by molar-refractivity contribution is -0.0893. The fourth-order valence-electron chi connectivity index (χ4n) is 2.50. The normalized spacial score (nSPS) is 26.6. The van der Waals surface area contributed by atoms with E-state index < -0.39 is 0 Å². The summed E-state index contributed by atoms with van der Waals surface area (Å²) in [6.45, 7) is 4.61. The predicted octanol–water partition coefficient (Wildman–Crippen LogP) is -0.494. The summed E-state index contributed by atoms with van der Waals surface area (Å²) >= 11 is 0. The Morgan fingerprint density at radius 1 is 1.29 bits per heavy atom. The zero-order chi connectivity index (χ0) is 10.2. The minimum absolute atomic E-state index is 0.541. The van der Waals surface area contributed by atoms with Crippen molar-refractivity contribution in [2.45, 2.75) is 0 Å². The molecular weight excluding hydrogens is 176 g/mol. The number of hydrogen-bond acceptors (Lipinski definition) is 4. The van der Waals surface area contributed by atoms with Gasteiger partial charge in [-0.25, -0.2) is 0 Å². The van der Waals surface area contributed by atoms with Gasteiger partial charge in [0.25, 0.3) is 0 Å². The number of hydrogen-bond donors (Lipinski definition) is 2. The first kappa shape index (κ1) is 9.40. The first-order chi connectivity index (χ1) is 6.65. The Morgan fingerprint density at radius 3 is 2.43 bits per heavy atom. The Kier molecular flexibility index (Phi) is 2.15. The molecule has 2 heterocycles. The van der Waals surface area contributed by atoms with E-state index >= 15 is 0 Å². The fraction of sp³-hybridized carbons (Fsp3) is 0.600. The Balaban J connectivity index is 1.83. The summed E-state index contributed by atoms with van der Waals surface area (Å²) in [5.41, 5.74) is 11.6. The van der Waals surface area contributed by atoms with Crippen LogP contribution in [0.5, 0.6) is 0 Å². The molecule has 0 saturated carbocycles. The molecule has 2 rings (SSSR count). The summed E-state index contributed by atoms with van der Waals surface area (Å²) < 4.78 is 0. The van der Waals surface area contributed by atoms with Gasteiger partial charge in [0.2, 0.25) is 0 Å². The predicted molar refractivity (Wildman–Crippen MR) is 57.1 cm³/mol. The van der Waals surface area contributed by atoms with Crippen LogP contribution < -0.4 is 11.5 Å². The van der Waals surface area contributed by atoms with Crippen LogP contribution in [0.3, 0.4) is 0 Å². The molecule has 2 fully saturated rings. The van der Waals surface area contributed by atoms with Crippen molar-refractivity contribution in [2.75, 3.05) is 33.2 Å². The molecule has 0 amide bonds. The van der Waals surface area contributed by atoms with Crippen LogP contribution in [0.1, 0.15) is 0 Å². The summed E-state index contributed by atoms with van der Waals surface area (Å²) in [6.07, 6.45) is 5.13. The van der Waals surface area contributed by atoms with Gasteiger partial charge in [0.05, 0.1) is 5.82 Å². The first-order valence-corrected chi connectivity index (χ1v) is 4.93. The van der Waals surface area contributed by atoms with E-state index in [1.807, 2.05) is 6.08 Å². The Hall–Kier alpha value is -1.16. The van der Waals surface area contributed by atoms with E-state index in [1.165, 1.54) is 19.3 Å². The summed E-state index contributed by atoms with van der Waals surface area (Å²) in [5, 5.41) is 0. The van der Waals surface area contributed by atoms with Gasteiger partial charge in [0.15, 0.2) is 0 Å². The topological polar surface area (TPSA) is 58.5 Å². The van der Waals surface area contributed by atoms with Gasteiger partial charge in [-0.3, -0.25) is 0 Å². The summed E-state index contributed by atoms with van der Waals surface area (Å²) in [7, 11) is 2.16. The van der Waals surface area contributed by atoms with Crippen molar-refractivity contribution < 1.29 is 0 Å². The van der Waals surface area contributed by atoms with Gasteiger partial charge in [-0.1, -0.05) is 0 Å². The smallest absolute Gasteiger partial charge is 0.0987 e. The minimum Gasteiger partial charge on any atom is -0.405 e. The van der Waals surface area contributed by atoms with E-state index in [4.69, 9.17) is 11.5 Å². The molecular formula is C10H18N4. The van der Waals surface area contributed by atoms with Gasteiger partial charge in [0, 0.05) is 31.6 Å². The minimum atomic E-state index is 0.541. The maximum atomic E-state index is 5.87. The summed E-state index contributed by atoms with van der Waals surface area (Å²) in [5.74, 6) is 0.826. The number of allylic oxidation sites excluding steroid dienone is 2. The molecule has 0 aromatic carbocycles. The van der Waals surface area contributed by atoms with Gasteiger partial charge in [-0.05, 0) is 25.4 Å². The van der Waals surface area contributed by atoms with E-state index in [1.54, 1.807) is 6.08 Å². The molecule has 1 spiro atoms. The van der Waals surface area contributed by atoms with E-state index in [9.17, 15) is 0 Å². The maximum Gasteiger partial charge on any atom is 0.0987 e. The van der Waals surface area contributed by atoms with Crippen LogP contribution >= 0.6 is 0 Å². The molecule has 4 heteroatoms. The third-order valence-corrected chi connectivity index (χ3v) is 3.01. The van der Waals surface area contributed by atoms with Gasteiger partial charge < -0.3 is 21.3 Å². The van der Waals surface area contributed by atoms with Crippen molar-refractivity contribution in [1.82, 2.24) is 9.80 Å². The highest BCUT2D eigenvalue weighted by molar-refractivity contribution is 5.15. The first-order valence-electron chi connectivity index (χ1n) is 4.93. The highest BCUT2D eigenvalue weighted by Crippen LogP contribution is 2.39. The van der Waals surface area contributed by atoms with Crippen LogP contribution in [0.25, 0.3) is 0 Å². The standard InChI is InChI=1S/C10H18N4/c1-13-5-10(6-13)7-14(8-10)9(12)3-2-4-11/h2-4H,5-8,11-12H2,1H3/b4-2-,9-3+. The molecule has 4 N–H and O–H groups in total. The van der Waals surface area contributed by atoms with E-state index in [2.05, 4.69) is 16.8 Å². The average molecular weight is 194 g/mol.